The number of hydrogen-bond acceptors (Lipinski definition) is 2. The van der Waals surface area contributed by atoms with E-state index in [1.54, 1.807) is 13.3 Å². The van der Waals surface area contributed by atoms with Gasteiger partial charge in [-0.1, -0.05) is 35.6 Å². The Labute approximate surface area is 124 Å². The number of aliphatic imine (C=N–C) groups is 1. The second kappa shape index (κ2) is 7.37. The highest BCUT2D eigenvalue weighted by Crippen LogP contribution is 2.10. The van der Waals surface area contributed by atoms with Crippen LogP contribution in [0.3, 0.4) is 0 Å². The largest absolute Gasteiger partial charge is 0.497 e. The molecule has 0 aliphatic carbocycles. The van der Waals surface area contributed by atoms with Crippen LogP contribution >= 0.6 is 11.6 Å². The van der Waals surface area contributed by atoms with E-state index < -0.39 is 0 Å². The molecule has 2 nitrogen and oxygen atoms in total. The van der Waals surface area contributed by atoms with E-state index in [-0.39, 0.29) is 0 Å². The van der Waals surface area contributed by atoms with Crippen molar-refractivity contribution in [1.29, 1.82) is 0 Å². The summed E-state index contributed by atoms with van der Waals surface area (Å²) in [5, 5.41) is 0.707. The van der Waals surface area contributed by atoms with Gasteiger partial charge in [-0.05, 0) is 42.0 Å². The number of methoxy groups -OCH3 is 1. The molecule has 0 N–H and O–H groups in total. The van der Waals surface area contributed by atoms with E-state index in [2.05, 4.69) is 16.8 Å². The maximum absolute atomic E-state index is 5.89. The van der Waals surface area contributed by atoms with E-state index in [1.165, 1.54) is 0 Å². The van der Waals surface area contributed by atoms with Gasteiger partial charge < -0.3 is 4.74 Å². The van der Waals surface area contributed by atoms with Crippen molar-refractivity contribution in [3.8, 4) is 17.6 Å². The lowest BCUT2D eigenvalue weighted by Crippen LogP contribution is -1.83. The van der Waals surface area contributed by atoms with Gasteiger partial charge in [0.1, 0.15) is 12.3 Å². The molecule has 0 aliphatic heterocycles. The Morgan fingerprint density at radius 3 is 2.70 bits per heavy atom. The zero-order chi connectivity index (χ0) is 14.2. The molecule has 0 aliphatic rings. The maximum Gasteiger partial charge on any atom is 0.118 e. The fourth-order valence-electron chi connectivity index (χ4n) is 1.60. The van der Waals surface area contributed by atoms with Gasteiger partial charge in [0.25, 0.3) is 0 Å². The summed E-state index contributed by atoms with van der Waals surface area (Å²) in [7, 11) is 1.64. The lowest BCUT2D eigenvalue weighted by Gasteiger charge is -1.97. The van der Waals surface area contributed by atoms with E-state index in [1.807, 2.05) is 48.5 Å². The molecule has 0 spiro atoms. The number of benzene rings is 2. The minimum Gasteiger partial charge on any atom is -0.497 e. The molecule has 0 bridgehead atoms. The van der Waals surface area contributed by atoms with Crippen LogP contribution in [-0.2, 0) is 0 Å². The lowest BCUT2D eigenvalue weighted by molar-refractivity contribution is 0.415. The molecular weight excluding hydrogens is 270 g/mol. The van der Waals surface area contributed by atoms with Crippen LogP contribution in [0, 0.1) is 11.8 Å². The first kappa shape index (κ1) is 14.2. The molecule has 0 aromatic heterocycles. The zero-order valence-electron chi connectivity index (χ0n) is 11.1. The smallest absolute Gasteiger partial charge is 0.118 e. The molecule has 2 aromatic carbocycles. The Morgan fingerprint density at radius 2 is 2.00 bits per heavy atom. The molecule has 0 amide bonds. The minimum absolute atomic E-state index is 0.457. The van der Waals surface area contributed by atoms with Gasteiger partial charge in [0.05, 0.1) is 7.11 Å². The average Bonchev–Trinajstić information content (AvgIpc) is 2.48. The number of hydrogen-bond donors (Lipinski definition) is 0. The van der Waals surface area contributed by atoms with Crippen molar-refractivity contribution in [2.24, 2.45) is 4.99 Å². The second-order valence-corrected chi connectivity index (χ2v) is 4.49. The van der Waals surface area contributed by atoms with Gasteiger partial charge in [-0.25, -0.2) is 0 Å². The van der Waals surface area contributed by atoms with Crippen molar-refractivity contribution in [3.63, 3.8) is 0 Å². The molecule has 0 saturated heterocycles. The zero-order valence-corrected chi connectivity index (χ0v) is 11.9. The SMILES string of the molecule is COc1ccc(C#CC/N=C/c2cccc(Cl)c2)cc1. The lowest BCUT2D eigenvalue weighted by atomic mass is 10.2. The normalized spacial score (nSPS) is 10.1. The van der Waals surface area contributed by atoms with Crippen LogP contribution in [-0.4, -0.2) is 19.9 Å². The Balaban J connectivity index is 1.91. The van der Waals surface area contributed by atoms with Crippen LogP contribution < -0.4 is 4.74 Å². The summed E-state index contributed by atoms with van der Waals surface area (Å²) in [5.41, 5.74) is 1.92. The van der Waals surface area contributed by atoms with E-state index >= 15 is 0 Å². The molecule has 2 aromatic rings. The number of rotatable bonds is 3. The molecule has 0 saturated carbocycles. The highest BCUT2D eigenvalue weighted by Gasteiger charge is 1.90. The number of ether oxygens (including phenoxy) is 1. The van der Waals surface area contributed by atoms with Crippen molar-refractivity contribution in [3.05, 3.63) is 64.7 Å². The summed E-state index contributed by atoms with van der Waals surface area (Å²) in [4.78, 5) is 4.25. The van der Waals surface area contributed by atoms with Gasteiger partial charge in [0, 0.05) is 16.8 Å². The van der Waals surface area contributed by atoms with Crippen LogP contribution in [0.4, 0.5) is 0 Å². The second-order valence-electron chi connectivity index (χ2n) is 4.06. The fraction of sp³-hybridized carbons (Fsp3) is 0.118. The molecule has 0 unspecified atom stereocenters. The first-order chi connectivity index (χ1) is 9.78. The quantitative estimate of drug-likeness (QED) is 0.620. The van der Waals surface area contributed by atoms with Crippen LogP contribution in [0.1, 0.15) is 11.1 Å². The predicted octanol–water partition coefficient (Wildman–Crippen LogP) is 3.82. The summed E-state index contributed by atoms with van der Waals surface area (Å²) in [6, 6.07) is 15.2. The summed E-state index contributed by atoms with van der Waals surface area (Å²) in [5.74, 6) is 6.88. The molecule has 0 heterocycles. The van der Waals surface area contributed by atoms with Crippen molar-refractivity contribution < 1.29 is 4.74 Å². The topological polar surface area (TPSA) is 21.6 Å². The molecule has 20 heavy (non-hydrogen) atoms. The van der Waals surface area contributed by atoms with Crippen LogP contribution in [0.25, 0.3) is 0 Å². The third-order valence-corrected chi connectivity index (χ3v) is 2.82. The van der Waals surface area contributed by atoms with Crippen LogP contribution in [0.2, 0.25) is 5.02 Å². The first-order valence-corrected chi connectivity index (χ1v) is 6.54. The van der Waals surface area contributed by atoms with Gasteiger partial charge in [-0.15, -0.1) is 0 Å². The molecule has 2 rings (SSSR count). The third-order valence-electron chi connectivity index (χ3n) is 2.58. The predicted molar refractivity (Wildman–Crippen MR) is 83.8 cm³/mol. The maximum atomic E-state index is 5.89. The summed E-state index contributed by atoms with van der Waals surface area (Å²) < 4.78 is 5.09. The minimum atomic E-state index is 0.457. The highest BCUT2D eigenvalue weighted by atomic mass is 35.5. The molecule has 100 valence electrons. The Morgan fingerprint density at radius 1 is 1.20 bits per heavy atom. The summed E-state index contributed by atoms with van der Waals surface area (Å²) >= 11 is 5.89. The first-order valence-electron chi connectivity index (χ1n) is 6.16. The Kier molecular flexibility index (Phi) is 5.23. The molecule has 0 fully saturated rings. The van der Waals surface area contributed by atoms with Crippen molar-refractivity contribution in [1.82, 2.24) is 0 Å². The van der Waals surface area contributed by atoms with Crippen molar-refractivity contribution >= 4 is 17.8 Å². The third kappa shape index (κ3) is 4.46. The van der Waals surface area contributed by atoms with E-state index in [0.29, 0.717) is 11.6 Å². The van der Waals surface area contributed by atoms with E-state index in [0.717, 1.165) is 16.9 Å². The number of halogens is 1. The van der Waals surface area contributed by atoms with Gasteiger partial charge in [-0.3, -0.25) is 4.99 Å². The summed E-state index contributed by atoms with van der Waals surface area (Å²) in [6.45, 7) is 0.457. The monoisotopic (exact) mass is 283 g/mol. The average molecular weight is 284 g/mol. The fourth-order valence-corrected chi connectivity index (χ4v) is 1.80. The molecule has 0 radical (unpaired) electrons. The molecule has 0 atom stereocenters. The van der Waals surface area contributed by atoms with Crippen LogP contribution in [0.15, 0.2) is 53.5 Å². The van der Waals surface area contributed by atoms with E-state index in [4.69, 9.17) is 16.3 Å². The molecule has 3 heteroatoms. The van der Waals surface area contributed by atoms with Gasteiger partial charge in [0.2, 0.25) is 0 Å². The van der Waals surface area contributed by atoms with Gasteiger partial charge in [0.15, 0.2) is 0 Å². The van der Waals surface area contributed by atoms with E-state index in [9.17, 15) is 0 Å². The summed E-state index contributed by atoms with van der Waals surface area (Å²) in [6.07, 6.45) is 1.77. The standard InChI is InChI=1S/C17H14ClNO/c1-20-17-9-7-14(8-10-17)5-3-11-19-13-15-4-2-6-16(18)12-15/h2,4,6-10,12-13H,11H2,1H3/b19-13+. The Hall–Kier alpha value is -2.24. The molecular formula is C17H14ClNO. The van der Waals surface area contributed by atoms with Crippen LogP contribution in [0.5, 0.6) is 5.75 Å². The number of nitrogens with zero attached hydrogens (tertiary/aromatic N) is 1. The highest BCUT2D eigenvalue weighted by molar-refractivity contribution is 6.30. The van der Waals surface area contributed by atoms with Crippen molar-refractivity contribution in [2.45, 2.75) is 0 Å². The van der Waals surface area contributed by atoms with Gasteiger partial charge in [-0.2, -0.15) is 0 Å². The van der Waals surface area contributed by atoms with Gasteiger partial charge >= 0.3 is 0 Å². The Bertz CT molecular complexity index is 651. The van der Waals surface area contributed by atoms with Crippen molar-refractivity contribution in [2.75, 3.05) is 13.7 Å².